The number of nitrogens with zero attached hydrogens (tertiary/aromatic N) is 4. The molecule has 4 rings (SSSR count). The molecule has 0 spiro atoms. The summed E-state index contributed by atoms with van der Waals surface area (Å²) in [7, 11) is 0. The minimum Gasteiger partial charge on any atom is -0.477 e. The molecule has 0 bridgehead atoms. The molecule has 0 radical (unpaired) electrons. The van der Waals surface area contributed by atoms with E-state index in [0.29, 0.717) is 18.4 Å². The molecule has 1 amide bonds. The molecule has 10 nitrogen and oxygen atoms in total. The molecule has 0 unspecified atom stereocenters. The molecule has 1 aliphatic carbocycles. The average Bonchev–Trinajstić information content (AvgIpc) is 3.33. The number of hydrogen-bond acceptors (Lipinski definition) is 7. The lowest BCUT2D eigenvalue weighted by molar-refractivity contribution is 0.00682. The third-order valence-corrected chi connectivity index (χ3v) is 5.32. The van der Waals surface area contributed by atoms with Crippen molar-refractivity contribution >= 4 is 23.6 Å². The van der Waals surface area contributed by atoms with Gasteiger partial charge in [0.15, 0.2) is 5.69 Å². The normalized spacial score (nSPS) is 15.4. The highest BCUT2D eigenvalue weighted by molar-refractivity contribution is 5.96. The lowest BCUT2D eigenvalue weighted by Gasteiger charge is -2.21. The highest BCUT2D eigenvalue weighted by Gasteiger charge is 2.29. The highest BCUT2D eigenvalue weighted by Crippen LogP contribution is 2.35. The molecule has 0 aliphatic heterocycles. The van der Waals surface area contributed by atoms with E-state index in [1.54, 1.807) is 6.07 Å². The Morgan fingerprint density at radius 1 is 1.25 bits per heavy atom. The van der Waals surface area contributed by atoms with Crippen LogP contribution in [0.15, 0.2) is 24.5 Å². The van der Waals surface area contributed by atoms with Gasteiger partial charge in [0.25, 0.3) is 11.7 Å². The summed E-state index contributed by atoms with van der Waals surface area (Å²) in [5, 5.41) is 16.1. The summed E-state index contributed by atoms with van der Waals surface area (Å²) in [6.45, 7) is 7.34. The summed E-state index contributed by atoms with van der Waals surface area (Å²) >= 11 is 0. The van der Waals surface area contributed by atoms with E-state index in [4.69, 9.17) is 4.74 Å². The van der Waals surface area contributed by atoms with Crippen molar-refractivity contribution in [1.29, 1.82) is 0 Å². The van der Waals surface area contributed by atoms with E-state index in [-0.39, 0.29) is 29.2 Å². The van der Waals surface area contributed by atoms with Gasteiger partial charge >= 0.3 is 11.9 Å². The van der Waals surface area contributed by atoms with Crippen LogP contribution in [0.3, 0.4) is 0 Å². The molecule has 1 aromatic carbocycles. The van der Waals surface area contributed by atoms with Gasteiger partial charge in [0.1, 0.15) is 17.6 Å². The molecule has 1 aliphatic rings. The first-order chi connectivity index (χ1) is 15.0. The third-order valence-electron chi connectivity index (χ3n) is 5.32. The number of carboxylic acid groups (broad SMARTS) is 1. The van der Waals surface area contributed by atoms with Crippen LogP contribution in [-0.4, -0.2) is 48.1 Å². The van der Waals surface area contributed by atoms with Crippen LogP contribution < -0.4 is 5.32 Å². The van der Waals surface area contributed by atoms with Gasteiger partial charge in [-0.15, -0.1) is 0 Å². The standard InChI is InChI=1S/C22H23N5O5/c1-11-12-7-8-15(14(12)6-5-13(11)20(31)32-22(2,3)4)25-18(28)16-9-17(19(29)30)27-21(26-16)23-10-24-27/h5-6,9-10,15H,7-8H2,1-4H3,(H,25,28)(H,29,30)/t15-/m0/s1. The number of hydrogen-bond donors (Lipinski definition) is 2. The van der Waals surface area contributed by atoms with Gasteiger partial charge in [-0.05, 0) is 63.3 Å². The predicted molar refractivity (Wildman–Crippen MR) is 113 cm³/mol. The molecule has 3 aromatic rings. The summed E-state index contributed by atoms with van der Waals surface area (Å²) in [5.74, 6) is -2.10. The number of aromatic carboxylic acids is 1. The van der Waals surface area contributed by atoms with Gasteiger partial charge in [-0.3, -0.25) is 4.79 Å². The van der Waals surface area contributed by atoms with Crippen molar-refractivity contribution in [1.82, 2.24) is 24.9 Å². The van der Waals surface area contributed by atoms with Crippen molar-refractivity contribution in [2.24, 2.45) is 0 Å². The van der Waals surface area contributed by atoms with E-state index in [9.17, 15) is 19.5 Å². The second-order valence-electron chi connectivity index (χ2n) is 8.68. The van der Waals surface area contributed by atoms with Crippen molar-refractivity contribution in [3.63, 3.8) is 0 Å². The molecule has 0 saturated carbocycles. The van der Waals surface area contributed by atoms with Gasteiger partial charge in [-0.25, -0.2) is 14.6 Å². The quantitative estimate of drug-likeness (QED) is 0.594. The number of esters is 1. The zero-order chi connectivity index (χ0) is 23.2. The molecule has 2 heterocycles. The van der Waals surface area contributed by atoms with Crippen LogP contribution in [0.2, 0.25) is 0 Å². The van der Waals surface area contributed by atoms with Crippen LogP contribution >= 0.6 is 0 Å². The van der Waals surface area contributed by atoms with E-state index in [1.165, 1.54) is 12.4 Å². The number of ether oxygens (including phenoxy) is 1. The lowest BCUT2D eigenvalue weighted by atomic mass is 9.97. The Balaban J connectivity index is 1.59. The van der Waals surface area contributed by atoms with Gasteiger partial charge in [0, 0.05) is 6.07 Å². The molecule has 2 N–H and O–H groups in total. The molecular weight excluding hydrogens is 414 g/mol. The van der Waals surface area contributed by atoms with Gasteiger partial charge in [-0.2, -0.15) is 14.6 Å². The summed E-state index contributed by atoms with van der Waals surface area (Å²) in [6, 6.07) is 4.44. The number of rotatable bonds is 4. The van der Waals surface area contributed by atoms with Gasteiger partial charge in [0.05, 0.1) is 11.6 Å². The fourth-order valence-corrected chi connectivity index (χ4v) is 3.90. The molecule has 32 heavy (non-hydrogen) atoms. The Hall–Kier alpha value is -3.82. The van der Waals surface area contributed by atoms with Crippen LogP contribution in [0, 0.1) is 6.92 Å². The Labute approximate surface area is 183 Å². The topological polar surface area (TPSA) is 136 Å². The first-order valence-corrected chi connectivity index (χ1v) is 10.2. The first-order valence-electron chi connectivity index (χ1n) is 10.2. The zero-order valence-corrected chi connectivity index (χ0v) is 18.2. The van der Waals surface area contributed by atoms with Crippen LogP contribution in [0.4, 0.5) is 0 Å². The molecule has 1 atom stereocenters. The minimum atomic E-state index is -1.24. The Morgan fingerprint density at radius 3 is 2.69 bits per heavy atom. The number of nitrogens with one attached hydrogen (secondary N) is 1. The smallest absolute Gasteiger partial charge is 0.354 e. The number of carboxylic acids is 1. The van der Waals surface area contributed by atoms with Crippen molar-refractivity contribution in [3.8, 4) is 0 Å². The van der Waals surface area contributed by atoms with Gasteiger partial charge in [0.2, 0.25) is 0 Å². The maximum Gasteiger partial charge on any atom is 0.354 e. The molecule has 0 saturated heterocycles. The zero-order valence-electron chi connectivity index (χ0n) is 18.2. The second-order valence-corrected chi connectivity index (χ2v) is 8.68. The fraction of sp³-hybridized carbons (Fsp3) is 0.364. The van der Waals surface area contributed by atoms with E-state index >= 15 is 0 Å². The first kappa shape index (κ1) is 21.4. The number of benzene rings is 1. The Bertz CT molecular complexity index is 1260. The number of carbonyl (C=O) groups excluding carboxylic acids is 2. The van der Waals surface area contributed by atoms with E-state index < -0.39 is 17.5 Å². The summed E-state index contributed by atoms with van der Waals surface area (Å²) in [5.41, 5.74) is 2.42. The van der Waals surface area contributed by atoms with E-state index in [1.807, 2.05) is 33.8 Å². The number of carbonyl (C=O) groups is 3. The monoisotopic (exact) mass is 437 g/mol. The summed E-state index contributed by atoms with van der Waals surface area (Å²) < 4.78 is 6.56. The maximum absolute atomic E-state index is 12.9. The molecular formula is C22H23N5O5. The Morgan fingerprint density at radius 2 is 2.00 bits per heavy atom. The largest absolute Gasteiger partial charge is 0.477 e. The van der Waals surface area contributed by atoms with Crippen LogP contribution in [0.25, 0.3) is 5.78 Å². The molecule has 0 fully saturated rings. The van der Waals surface area contributed by atoms with E-state index in [2.05, 4.69) is 20.4 Å². The minimum absolute atomic E-state index is 0.0275. The van der Waals surface area contributed by atoms with Crippen molar-refractivity contribution in [2.75, 3.05) is 0 Å². The molecule has 2 aromatic heterocycles. The molecule has 166 valence electrons. The maximum atomic E-state index is 12.9. The second kappa shape index (κ2) is 7.70. The Kier molecular flexibility index (Phi) is 5.15. The van der Waals surface area contributed by atoms with Crippen LogP contribution in [0.1, 0.15) is 81.3 Å². The van der Waals surface area contributed by atoms with Crippen molar-refractivity contribution in [2.45, 2.75) is 52.2 Å². The van der Waals surface area contributed by atoms with Crippen molar-refractivity contribution in [3.05, 3.63) is 58.2 Å². The number of fused-ring (bicyclic) bond motifs is 2. The fourth-order valence-electron chi connectivity index (χ4n) is 3.90. The number of amides is 1. The van der Waals surface area contributed by atoms with E-state index in [0.717, 1.165) is 21.2 Å². The lowest BCUT2D eigenvalue weighted by Crippen LogP contribution is -2.29. The van der Waals surface area contributed by atoms with Crippen molar-refractivity contribution < 1.29 is 24.2 Å². The predicted octanol–water partition coefficient (Wildman–Crippen LogP) is 2.50. The van der Waals surface area contributed by atoms with Crippen LogP contribution in [-0.2, 0) is 11.2 Å². The average molecular weight is 437 g/mol. The summed E-state index contributed by atoms with van der Waals surface area (Å²) in [6.07, 6.45) is 2.52. The SMILES string of the molecule is Cc1c(C(=O)OC(C)(C)C)ccc2c1CC[C@@H]2NC(=O)c1cc(C(=O)O)n2ncnc2n1. The van der Waals surface area contributed by atoms with Gasteiger partial charge < -0.3 is 15.2 Å². The van der Waals surface area contributed by atoms with Crippen LogP contribution in [0.5, 0.6) is 0 Å². The highest BCUT2D eigenvalue weighted by atomic mass is 16.6. The third kappa shape index (κ3) is 3.91. The summed E-state index contributed by atoms with van der Waals surface area (Å²) in [4.78, 5) is 44.9. The number of aromatic nitrogens is 4. The van der Waals surface area contributed by atoms with Gasteiger partial charge in [-0.1, -0.05) is 6.07 Å². The molecule has 10 heteroatoms.